The molecular weight excluding hydrogens is 186 g/mol. The molecule has 1 aromatic carbocycles. The lowest BCUT2D eigenvalue weighted by molar-refractivity contribution is 0.459. The Morgan fingerprint density at radius 3 is 2.87 bits per heavy atom. The van der Waals surface area contributed by atoms with Crippen molar-refractivity contribution in [3.8, 4) is 5.75 Å². The van der Waals surface area contributed by atoms with Gasteiger partial charge in [-0.25, -0.2) is 0 Å². The molecule has 0 radical (unpaired) electrons. The van der Waals surface area contributed by atoms with Gasteiger partial charge < -0.3 is 10.4 Å². The fourth-order valence-corrected chi connectivity index (χ4v) is 2.48. The van der Waals surface area contributed by atoms with Crippen molar-refractivity contribution in [3.05, 3.63) is 29.3 Å². The Hall–Kier alpha value is -1.02. The minimum absolute atomic E-state index is 0.487. The molecule has 80 valence electrons. The van der Waals surface area contributed by atoms with E-state index in [4.69, 9.17) is 0 Å². The second-order valence-corrected chi connectivity index (χ2v) is 4.87. The van der Waals surface area contributed by atoms with Crippen LogP contribution in [-0.4, -0.2) is 17.7 Å². The first kappa shape index (κ1) is 9.22. The average Bonchev–Trinajstić information content (AvgIpc) is 2.95. The highest BCUT2D eigenvalue weighted by atomic mass is 16.3. The van der Waals surface area contributed by atoms with Crippen LogP contribution in [0.1, 0.15) is 24.0 Å². The summed E-state index contributed by atoms with van der Waals surface area (Å²) in [5.41, 5.74) is 2.53. The van der Waals surface area contributed by atoms with Crippen LogP contribution >= 0.6 is 0 Å². The first-order valence-electron chi connectivity index (χ1n) is 5.86. The van der Waals surface area contributed by atoms with Gasteiger partial charge in [-0.15, -0.1) is 0 Å². The average molecular weight is 203 g/mol. The van der Waals surface area contributed by atoms with E-state index in [-0.39, 0.29) is 0 Å². The molecule has 0 spiro atoms. The van der Waals surface area contributed by atoms with E-state index < -0.39 is 0 Å². The number of hydrogen-bond acceptors (Lipinski definition) is 2. The second-order valence-electron chi connectivity index (χ2n) is 4.87. The van der Waals surface area contributed by atoms with Crippen LogP contribution in [0.5, 0.6) is 5.75 Å². The third kappa shape index (κ3) is 1.86. The second kappa shape index (κ2) is 3.53. The summed E-state index contributed by atoms with van der Waals surface area (Å²) in [6.45, 7) is 1.11. The highest BCUT2D eigenvalue weighted by Crippen LogP contribution is 2.33. The molecule has 0 amide bonds. The molecule has 0 heterocycles. The zero-order valence-electron chi connectivity index (χ0n) is 8.87. The van der Waals surface area contributed by atoms with Crippen molar-refractivity contribution in [1.82, 2.24) is 5.32 Å². The van der Waals surface area contributed by atoms with Crippen LogP contribution in [0.4, 0.5) is 0 Å². The molecule has 2 aliphatic carbocycles. The van der Waals surface area contributed by atoms with E-state index in [0.29, 0.717) is 11.7 Å². The number of benzene rings is 1. The minimum Gasteiger partial charge on any atom is -0.508 e. The summed E-state index contributed by atoms with van der Waals surface area (Å²) in [7, 11) is 0. The zero-order valence-corrected chi connectivity index (χ0v) is 8.87. The summed E-state index contributed by atoms with van der Waals surface area (Å²) >= 11 is 0. The van der Waals surface area contributed by atoms with Crippen LogP contribution < -0.4 is 5.32 Å². The van der Waals surface area contributed by atoms with Crippen LogP contribution in [-0.2, 0) is 12.8 Å². The maximum Gasteiger partial charge on any atom is 0.119 e. The summed E-state index contributed by atoms with van der Waals surface area (Å²) in [5.74, 6) is 1.18. The van der Waals surface area contributed by atoms with E-state index in [9.17, 15) is 5.11 Å². The lowest BCUT2D eigenvalue weighted by Crippen LogP contribution is -2.24. The van der Waals surface area contributed by atoms with Crippen LogP contribution in [0.25, 0.3) is 0 Å². The Morgan fingerprint density at radius 2 is 2.13 bits per heavy atom. The Balaban J connectivity index is 1.66. The summed E-state index contributed by atoms with van der Waals surface area (Å²) in [4.78, 5) is 0. The molecule has 2 nitrogen and oxygen atoms in total. The maximum atomic E-state index is 9.72. The van der Waals surface area contributed by atoms with Crippen LogP contribution in [0, 0.1) is 5.92 Å². The summed E-state index contributed by atoms with van der Waals surface area (Å²) < 4.78 is 0. The maximum absolute atomic E-state index is 9.72. The van der Waals surface area contributed by atoms with Crippen molar-refractivity contribution in [2.75, 3.05) is 6.54 Å². The van der Waals surface area contributed by atoms with Crippen molar-refractivity contribution in [2.24, 2.45) is 5.92 Å². The lowest BCUT2D eigenvalue weighted by Gasteiger charge is -2.09. The van der Waals surface area contributed by atoms with E-state index in [1.54, 1.807) is 6.07 Å². The van der Waals surface area contributed by atoms with Gasteiger partial charge >= 0.3 is 0 Å². The Labute approximate surface area is 90.3 Å². The molecular formula is C13H17NO. The molecule has 15 heavy (non-hydrogen) atoms. The van der Waals surface area contributed by atoms with Gasteiger partial charge in [0.2, 0.25) is 0 Å². The molecule has 2 N–H and O–H groups in total. The van der Waals surface area contributed by atoms with Gasteiger partial charge in [0.15, 0.2) is 0 Å². The number of phenolic OH excluding ortho intramolecular Hbond substituents is 1. The fourth-order valence-electron chi connectivity index (χ4n) is 2.48. The van der Waals surface area contributed by atoms with Gasteiger partial charge in [0, 0.05) is 6.04 Å². The molecule has 1 aromatic rings. The van der Waals surface area contributed by atoms with Gasteiger partial charge in [-0.3, -0.25) is 0 Å². The highest BCUT2D eigenvalue weighted by Gasteiger charge is 2.26. The summed E-state index contributed by atoms with van der Waals surface area (Å²) in [6, 6.07) is 6.69. The van der Waals surface area contributed by atoms with Gasteiger partial charge in [-0.2, -0.15) is 0 Å². The van der Waals surface area contributed by atoms with Gasteiger partial charge in [0.05, 0.1) is 0 Å². The van der Waals surface area contributed by atoms with Crippen molar-refractivity contribution in [1.29, 1.82) is 0 Å². The van der Waals surface area contributed by atoms with E-state index >= 15 is 0 Å². The standard InChI is InChI=1S/C13H17NO/c15-13-3-1-2-10-6-9(7-12(10)13)8-14-11-4-5-11/h1-3,9,11,14-15H,4-8H2. The van der Waals surface area contributed by atoms with Crippen molar-refractivity contribution in [3.63, 3.8) is 0 Å². The topological polar surface area (TPSA) is 32.3 Å². The minimum atomic E-state index is 0.487. The predicted octanol–water partition coefficient (Wildman–Crippen LogP) is 1.86. The number of nitrogens with one attached hydrogen (secondary N) is 1. The first-order chi connectivity index (χ1) is 7.33. The molecule has 1 fully saturated rings. The molecule has 0 saturated heterocycles. The Kier molecular flexibility index (Phi) is 2.17. The van der Waals surface area contributed by atoms with Crippen molar-refractivity contribution >= 4 is 0 Å². The monoisotopic (exact) mass is 203 g/mol. The van der Waals surface area contributed by atoms with E-state index in [1.807, 2.05) is 6.07 Å². The van der Waals surface area contributed by atoms with Crippen LogP contribution in [0.15, 0.2) is 18.2 Å². The number of fused-ring (bicyclic) bond motifs is 1. The van der Waals surface area contributed by atoms with Crippen LogP contribution in [0.3, 0.4) is 0 Å². The number of aromatic hydroxyl groups is 1. The summed E-state index contributed by atoms with van der Waals surface area (Å²) in [6.07, 6.45) is 4.88. The molecule has 1 unspecified atom stereocenters. The van der Waals surface area contributed by atoms with Gasteiger partial charge in [0.25, 0.3) is 0 Å². The Morgan fingerprint density at radius 1 is 1.27 bits per heavy atom. The lowest BCUT2D eigenvalue weighted by atomic mass is 10.1. The van der Waals surface area contributed by atoms with E-state index in [2.05, 4.69) is 11.4 Å². The van der Waals surface area contributed by atoms with Crippen molar-refractivity contribution < 1.29 is 5.11 Å². The fraction of sp³-hybridized carbons (Fsp3) is 0.538. The highest BCUT2D eigenvalue weighted by molar-refractivity contribution is 5.42. The largest absolute Gasteiger partial charge is 0.508 e. The molecule has 2 heteroatoms. The summed E-state index contributed by atoms with van der Waals surface area (Å²) in [5, 5.41) is 13.3. The van der Waals surface area contributed by atoms with Crippen LogP contribution in [0.2, 0.25) is 0 Å². The third-order valence-corrected chi connectivity index (χ3v) is 3.52. The van der Waals surface area contributed by atoms with Gasteiger partial charge in [-0.05, 0) is 55.3 Å². The molecule has 0 aromatic heterocycles. The molecule has 2 aliphatic rings. The normalized spacial score (nSPS) is 24.1. The molecule has 1 atom stereocenters. The Bertz CT molecular complexity index is 371. The third-order valence-electron chi connectivity index (χ3n) is 3.52. The number of hydrogen-bond donors (Lipinski definition) is 2. The SMILES string of the molecule is Oc1cccc2c1CC(CNC1CC1)C2. The van der Waals surface area contributed by atoms with E-state index in [0.717, 1.165) is 25.4 Å². The molecule has 0 bridgehead atoms. The number of rotatable bonds is 3. The van der Waals surface area contributed by atoms with Gasteiger partial charge in [0.1, 0.15) is 5.75 Å². The predicted molar refractivity (Wildman–Crippen MR) is 60.0 cm³/mol. The smallest absolute Gasteiger partial charge is 0.119 e. The molecule has 1 saturated carbocycles. The number of phenols is 1. The van der Waals surface area contributed by atoms with E-state index in [1.165, 1.54) is 24.0 Å². The first-order valence-corrected chi connectivity index (χ1v) is 5.86. The van der Waals surface area contributed by atoms with Gasteiger partial charge in [-0.1, -0.05) is 12.1 Å². The molecule has 3 rings (SSSR count). The molecule has 0 aliphatic heterocycles. The van der Waals surface area contributed by atoms with Crippen molar-refractivity contribution in [2.45, 2.75) is 31.7 Å². The quantitative estimate of drug-likeness (QED) is 0.786. The zero-order chi connectivity index (χ0) is 10.3.